The van der Waals surface area contributed by atoms with Crippen molar-refractivity contribution < 1.29 is 19.4 Å². The Balaban J connectivity index is 0.000000160. The van der Waals surface area contributed by atoms with Gasteiger partial charge in [0, 0.05) is 36.3 Å². The summed E-state index contributed by atoms with van der Waals surface area (Å²) >= 11 is 0. The average molecular weight is 533 g/mol. The van der Waals surface area contributed by atoms with E-state index in [-0.39, 0.29) is 23.3 Å². The first-order chi connectivity index (χ1) is 19.0. The van der Waals surface area contributed by atoms with E-state index in [1.165, 1.54) is 4.90 Å². The summed E-state index contributed by atoms with van der Waals surface area (Å²) in [6.45, 7) is 2.91. The van der Waals surface area contributed by atoms with Crippen LogP contribution in [0.5, 0.6) is 11.5 Å². The summed E-state index contributed by atoms with van der Waals surface area (Å²) < 4.78 is 11.8. The van der Waals surface area contributed by atoms with E-state index in [0.29, 0.717) is 29.6 Å². The van der Waals surface area contributed by atoms with Crippen LogP contribution in [0.4, 0.5) is 4.79 Å². The van der Waals surface area contributed by atoms with Crippen LogP contribution in [-0.4, -0.2) is 64.5 Å². The first-order valence-electron chi connectivity index (χ1n) is 13.2. The van der Waals surface area contributed by atoms with E-state index < -0.39 is 6.09 Å². The lowest BCUT2D eigenvalue weighted by atomic mass is 10.1. The molecule has 0 bridgehead atoms. The number of aromatic nitrogens is 2. The largest absolute Gasteiger partial charge is 0.489 e. The Morgan fingerprint density at radius 2 is 1.41 bits per heavy atom. The number of pyridine rings is 2. The van der Waals surface area contributed by atoms with Gasteiger partial charge in [-0.15, -0.1) is 0 Å². The Labute approximate surface area is 224 Å². The van der Waals surface area contributed by atoms with E-state index in [2.05, 4.69) is 15.3 Å². The topological polar surface area (TPSA) is 137 Å². The van der Waals surface area contributed by atoms with Gasteiger partial charge in [0.2, 0.25) is 0 Å². The van der Waals surface area contributed by atoms with Gasteiger partial charge in [0.05, 0.1) is 6.54 Å². The Hall–Kier alpha value is -4.31. The van der Waals surface area contributed by atoms with Crippen molar-refractivity contribution in [2.24, 2.45) is 0 Å². The molecule has 10 heteroatoms. The average Bonchev–Trinajstić information content (AvgIpc) is 2.94. The molecule has 2 atom stereocenters. The van der Waals surface area contributed by atoms with Gasteiger partial charge in [-0.1, -0.05) is 0 Å². The Morgan fingerprint density at radius 3 is 1.97 bits per heavy atom. The van der Waals surface area contributed by atoms with Crippen molar-refractivity contribution in [3.8, 4) is 11.5 Å². The highest BCUT2D eigenvalue weighted by Crippen LogP contribution is 2.23. The molecule has 4 aromatic rings. The number of carbonyl (C=O) groups is 1. The number of nitrogens with one attached hydrogen (secondary N) is 3. The van der Waals surface area contributed by atoms with E-state index in [0.717, 1.165) is 55.3 Å². The molecule has 0 saturated carbocycles. The SMILES string of the molecule is O=C(O)N1CCC[C@H](Oc2ccc3c(=O)[nH]ccc3c2)C1.O=c1[nH]ccc2cc(O[C@H]3CCCNC3)ccc12. The molecule has 0 unspecified atom stereocenters. The maximum absolute atomic E-state index is 11.6. The van der Waals surface area contributed by atoms with Crippen molar-refractivity contribution in [3.63, 3.8) is 0 Å². The molecule has 2 aliphatic rings. The predicted octanol–water partition coefficient (Wildman–Crippen LogP) is 3.71. The van der Waals surface area contributed by atoms with E-state index in [1.807, 2.05) is 36.4 Å². The second-order valence-corrected chi connectivity index (χ2v) is 9.81. The number of hydrogen-bond donors (Lipinski definition) is 4. The lowest BCUT2D eigenvalue weighted by Gasteiger charge is -2.31. The van der Waals surface area contributed by atoms with Crippen LogP contribution in [0.1, 0.15) is 25.7 Å². The Bertz CT molecular complexity index is 1560. The molecule has 0 spiro atoms. The summed E-state index contributed by atoms with van der Waals surface area (Å²) in [4.78, 5) is 40.9. The fourth-order valence-electron chi connectivity index (χ4n) is 5.00. The van der Waals surface area contributed by atoms with E-state index in [4.69, 9.17) is 14.6 Å². The Kier molecular flexibility index (Phi) is 8.12. The number of likely N-dealkylation sites (tertiary alicyclic amines) is 1. The molecule has 0 aliphatic carbocycles. The number of H-pyrrole nitrogens is 2. The minimum absolute atomic E-state index is 0.0571. The van der Waals surface area contributed by atoms with Gasteiger partial charge < -0.3 is 34.8 Å². The number of ether oxygens (including phenoxy) is 2. The van der Waals surface area contributed by atoms with Crippen LogP contribution in [0.2, 0.25) is 0 Å². The van der Waals surface area contributed by atoms with Gasteiger partial charge in [-0.05, 0) is 91.5 Å². The van der Waals surface area contributed by atoms with E-state index >= 15 is 0 Å². The fraction of sp³-hybridized carbons (Fsp3) is 0.345. The van der Waals surface area contributed by atoms with Crippen LogP contribution >= 0.6 is 0 Å². The number of fused-ring (bicyclic) bond motifs is 2. The summed E-state index contributed by atoms with van der Waals surface area (Å²) in [6, 6.07) is 14.6. The predicted molar refractivity (Wildman–Crippen MR) is 149 cm³/mol. The maximum atomic E-state index is 11.6. The lowest BCUT2D eigenvalue weighted by Crippen LogP contribution is -2.43. The van der Waals surface area contributed by atoms with Crippen molar-refractivity contribution >= 4 is 27.6 Å². The van der Waals surface area contributed by atoms with Gasteiger partial charge in [0.15, 0.2) is 0 Å². The van der Waals surface area contributed by atoms with Gasteiger partial charge in [-0.2, -0.15) is 0 Å². The zero-order chi connectivity index (χ0) is 27.2. The molecular formula is C29H32N4O6. The zero-order valence-electron chi connectivity index (χ0n) is 21.5. The number of hydrogen-bond acceptors (Lipinski definition) is 6. The van der Waals surface area contributed by atoms with Gasteiger partial charge >= 0.3 is 6.09 Å². The van der Waals surface area contributed by atoms with Gasteiger partial charge in [0.1, 0.15) is 23.7 Å². The van der Waals surface area contributed by atoms with Gasteiger partial charge in [-0.3, -0.25) is 9.59 Å². The smallest absolute Gasteiger partial charge is 0.407 e. The zero-order valence-corrected chi connectivity index (χ0v) is 21.5. The van der Waals surface area contributed by atoms with E-state index in [9.17, 15) is 14.4 Å². The van der Waals surface area contributed by atoms with Crippen LogP contribution in [0.25, 0.3) is 21.5 Å². The summed E-state index contributed by atoms with van der Waals surface area (Å²) in [5.41, 5.74) is -0.188. The molecule has 2 saturated heterocycles. The number of rotatable bonds is 4. The minimum Gasteiger partial charge on any atom is -0.489 e. The first kappa shape index (κ1) is 26.3. The number of amides is 1. The number of benzene rings is 2. The van der Waals surface area contributed by atoms with Crippen molar-refractivity contribution in [2.45, 2.75) is 37.9 Å². The Morgan fingerprint density at radius 1 is 0.821 bits per heavy atom. The van der Waals surface area contributed by atoms with Crippen molar-refractivity contribution in [3.05, 3.63) is 81.6 Å². The highest BCUT2D eigenvalue weighted by molar-refractivity contribution is 5.83. The van der Waals surface area contributed by atoms with Crippen LogP contribution in [0.3, 0.4) is 0 Å². The van der Waals surface area contributed by atoms with Crippen molar-refractivity contribution in [1.29, 1.82) is 0 Å². The molecule has 204 valence electrons. The van der Waals surface area contributed by atoms with Crippen molar-refractivity contribution in [2.75, 3.05) is 26.2 Å². The third-order valence-corrected chi connectivity index (χ3v) is 7.00. The molecule has 2 aromatic heterocycles. The molecular weight excluding hydrogens is 500 g/mol. The first-order valence-corrected chi connectivity index (χ1v) is 13.2. The molecule has 10 nitrogen and oxygen atoms in total. The molecule has 6 rings (SSSR count). The second-order valence-electron chi connectivity index (χ2n) is 9.81. The maximum Gasteiger partial charge on any atom is 0.407 e. The fourth-order valence-corrected chi connectivity index (χ4v) is 5.00. The lowest BCUT2D eigenvalue weighted by molar-refractivity contribution is 0.0792. The molecule has 2 aliphatic heterocycles. The minimum atomic E-state index is -0.909. The second kappa shape index (κ2) is 12.0. The molecule has 39 heavy (non-hydrogen) atoms. The van der Waals surface area contributed by atoms with Crippen LogP contribution < -0.4 is 25.9 Å². The third kappa shape index (κ3) is 6.58. The van der Waals surface area contributed by atoms with Gasteiger partial charge in [0.25, 0.3) is 11.1 Å². The molecule has 0 radical (unpaired) electrons. The van der Waals surface area contributed by atoms with Crippen LogP contribution in [-0.2, 0) is 0 Å². The van der Waals surface area contributed by atoms with E-state index in [1.54, 1.807) is 24.5 Å². The summed E-state index contributed by atoms with van der Waals surface area (Å²) in [7, 11) is 0. The van der Waals surface area contributed by atoms with Crippen LogP contribution in [0.15, 0.2) is 70.5 Å². The van der Waals surface area contributed by atoms with Crippen LogP contribution in [0, 0.1) is 0 Å². The van der Waals surface area contributed by atoms with Crippen molar-refractivity contribution in [1.82, 2.24) is 20.2 Å². The molecule has 4 N–H and O–H groups in total. The monoisotopic (exact) mass is 532 g/mol. The molecule has 2 fully saturated rings. The summed E-state index contributed by atoms with van der Waals surface area (Å²) in [5, 5.41) is 15.4. The standard InChI is InChI=1S/C15H16N2O4.C14H16N2O2/c18-14-13-4-3-11(8-10(13)5-6-16-14)21-12-2-1-7-17(9-12)15(19)20;17-14-13-4-3-11(8-10(13)5-7-16-14)18-12-2-1-6-15-9-12/h3-6,8,12H,1-2,7,9H2,(H,16,18)(H,19,20);3-5,7-8,12,15H,1-2,6,9H2,(H,16,17)/t2*12-/m00/s1. The third-order valence-electron chi connectivity index (χ3n) is 7.00. The molecule has 2 aromatic carbocycles. The number of aromatic amines is 2. The number of carboxylic acid groups (broad SMARTS) is 1. The number of nitrogens with zero attached hydrogens (tertiary/aromatic N) is 1. The van der Waals surface area contributed by atoms with Gasteiger partial charge in [-0.25, -0.2) is 4.79 Å². The normalized spacial score (nSPS) is 19.2. The molecule has 1 amide bonds. The highest BCUT2D eigenvalue weighted by atomic mass is 16.5. The summed E-state index contributed by atoms with van der Waals surface area (Å²) in [6.07, 6.45) is 6.30. The highest BCUT2D eigenvalue weighted by Gasteiger charge is 2.24. The molecule has 4 heterocycles. The number of piperidine rings is 2. The quantitative estimate of drug-likeness (QED) is 0.315. The summed E-state index contributed by atoms with van der Waals surface area (Å²) in [5.74, 6) is 1.49.